The highest BCUT2D eigenvalue weighted by atomic mass is 19.4. The Labute approximate surface area is 98.6 Å². The van der Waals surface area contributed by atoms with Crippen LogP contribution < -0.4 is 0 Å². The number of carbonyl (C=O) groups is 1. The van der Waals surface area contributed by atoms with Crippen LogP contribution in [0.15, 0.2) is 30.5 Å². The van der Waals surface area contributed by atoms with Crippen LogP contribution in [0.2, 0.25) is 0 Å². The number of alkyl halides is 3. The summed E-state index contributed by atoms with van der Waals surface area (Å²) in [7, 11) is 0. The molecule has 0 amide bonds. The van der Waals surface area contributed by atoms with E-state index in [0.29, 0.717) is 4.68 Å². The van der Waals surface area contributed by atoms with E-state index in [4.69, 9.17) is 0 Å². The molecule has 1 aromatic carbocycles. The molecule has 0 atom stereocenters. The van der Waals surface area contributed by atoms with E-state index in [-0.39, 0.29) is 12.0 Å². The van der Waals surface area contributed by atoms with Crippen molar-refractivity contribution in [3.05, 3.63) is 47.5 Å². The fourth-order valence-corrected chi connectivity index (χ4v) is 1.45. The van der Waals surface area contributed by atoms with Gasteiger partial charge < -0.3 is 0 Å². The van der Waals surface area contributed by atoms with Crippen molar-refractivity contribution < 1.29 is 22.4 Å². The molecule has 1 heterocycles. The van der Waals surface area contributed by atoms with Crippen LogP contribution >= 0.6 is 0 Å². The molecule has 0 aliphatic carbocycles. The summed E-state index contributed by atoms with van der Waals surface area (Å²) in [5.41, 5.74) is -2.12. The maximum absolute atomic E-state index is 13.4. The van der Waals surface area contributed by atoms with Gasteiger partial charge in [-0.3, -0.25) is 4.79 Å². The van der Waals surface area contributed by atoms with E-state index in [9.17, 15) is 22.4 Å². The first-order valence-corrected chi connectivity index (χ1v) is 4.80. The molecule has 0 aliphatic rings. The minimum Gasteiger partial charge on any atom is -0.298 e. The van der Waals surface area contributed by atoms with Crippen LogP contribution in [-0.2, 0) is 6.18 Å². The average molecular weight is 258 g/mol. The molecule has 0 radical (unpaired) electrons. The number of benzene rings is 1. The number of aromatic nitrogens is 2. The van der Waals surface area contributed by atoms with Gasteiger partial charge in [0.05, 0.1) is 5.56 Å². The summed E-state index contributed by atoms with van der Waals surface area (Å²) in [5, 5.41) is 3.20. The SMILES string of the molecule is O=Cc1cn(-c2ccccc2F)nc1C(F)(F)F. The van der Waals surface area contributed by atoms with Crippen LogP contribution in [0.5, 0.6) is 0 Å². The topological polar surface area (TPSA) is 34.9 Å². The van der Waals surface area contributed by atoms with Gasteiger partial charge >= 0.3 is 6.18 Å². The predicted molar refractivity (Wildman–Crippen MR) is 53.9 cm³/mol. The average Bonchev–Trinajstić information content (AvgIpc) is 2.73. The van der Waals surface area contributed by atoms with Gasteiger partial charge in [0.15, 0.2) is 12.0 Å². The zero-order valence-corrected chi connectivity index (χ0v) is 8.78. The first kappa shape index (κ1) is 12.3. The Bertz CT molecular complexity index is 589. The maximum atomic E-state index is 13.4. The largest absolute Gasteiger partial charge is 0.435 e. The molecule has 3 nitrogen and oxygen atoms in total. The highest BCUT2D eigenvalue weighted by molar-refractivity contribution is 5.76. The number of halogens is 4. The van der Waals surface area contributed by atoms with Gasteiger partial charge in [-0.1, -0.05) is 12.1 Å². The summed E-state index contributed by atoms with van der Waals surface area (Å²) in [6.07, 6.45) is -3.88. The van der Waals surface area contributed by atoms with E-state index in [0.717, 1.165) is 12.3 Å². The summed E-state index contributed by atoms with van der Waals surface area (Å²) in [5.74, 6) is -0.730. The lowest BCUT2D eigenvalue weighted by atomic mass is 10.2. The van der Waals surface area contributed by atoms with Crippen molar-refractivity contribution in [2.75, 3.05) is 0 Å². The second kappa shape index (κ2) is 4.25. The van der Waals surface area contributed by atoms with Crippen molar-refractivity contribution in [3.8, 4) is 5.69 Å². The lowest BCUT2D eigenvalue weighted by Gasteiger charge is -2.03. The normalized spacial score (nSPS) is 11.6. The maximum Gasteiger partial charge on any atom is 0.435 e. The molecular formula is C11H6F4N2O. The standard InChI is InChI=1S/C11H6F4N2O/c12-8-3-1-2-4-9(8)17-5-7(6-18)10(16-17)11(13,14)15/h1-6H. The highest BCUT2D eigenvalue weighted by Gasteiger charge is 2.37. The fourth-order valence-electron chi connectivity index (χ4n) is 1.45. The molecule has 0 bridgehead atoms. The fraction of sp³-hybridized carbons (Fsp3) is 0.0909. The van der Waals surface area contributed by atoms with Crippen LogP contribution in [0.3, 0.4) is 0 Å². The quantitative estimate of drug-likeness (QED) is 0.613. The van der Waals surface area contributed by atoms with Crippen molar-refractivity contribution in [3.63, 3.8) is 0 Å². The van der Waals surface area contributed by atoms with Crippen LogP contribution in [0, 0.1) is 5.82 Å². The van der Waals surface area contributed by atoms with Gasteiger partial charge in [-0.2, -0.15) is 18.3 Å². The highest BCUT2D eigenvalue weighted by Crippen LogP contribution is 2.30. The number of para-hydroxylation sites is 1. The van der Waals surface area contributed by atoms with E-state index < -0.39 is 23.3 Å². The van der Waals surface area contributed by atoms with Crippen molar-refractivity contribution in [1.82, 2.24) is 9.78 Å². The van der Waals surface area contributed by atoms with Gasteiger partial charge in [-0.15, -0.1) is 0 Å². The summed E-state index contributed by atoms with van der Waals surface area (Å²) in [6, 6.07) is 5.20. The number of aldehydes is 1. The number of hydrogen-bond donors (Lipinski definition) is 0. The molecule has 94 valence electrons. The summed E-state index contributed by atoms with van der Waals surface area (Å²) in [4.78, 5) is 10.6. The molecule has 1 aromatic heterocycles. The third-order valence-electron chi connectivity index (χ3n) is 2.24. The lowest BCUT2D eigenvalue weighted by molar-refractivity contribution is -0.141. The first-order chi connectivity index (χ1) is 8.43. The van der Waals surface area contributed by atoms with E-state index in [1.54, 1.807) is 0 Å². The minimum absolute atomic E-state index is 0.0349. The Morgan fingerprint density at radius 1 is 1.22 bits per heavy atom. The third-order valence-corrected chi connectivity index (χ3v) is 2.24. The zero-order chi connectivity index (χ0) is 13.3. The molecule has 0 saturated heterocycles. The van der Waals surface area contributed by atoms with E-state index in [2.05, 4.69) is 5.10 Å². The Kier molecular flexibility index (Phi) is 2.90. The number of nitrogens with zero attached hydrogens (tertiary/aromatic N) is 2. The van der Waals surface area contributed by atoms with E-state index >= 15 is 0 Å². The Morgan fingerprint density at radius 2 is 1.89 bits per heavy atom. The van der Waals surface area contributed by atoms with Crippen LogP contribution in [-0.4, -0.2) is 16.1 Å². The molecule has 0 fully saturated rings. The molecule has 0 saturated carbocycles. The monoisotopic (exact) mass is 258 g/mol. The van der Waals surface area contributed by atoms with Crippen LogP contribution in [0.1, 0.15) is 16.1 Å². The molecule has 0 spiro atoms. The van der Waals surface area contributed by atoms with Crippen molar-refractivity contribution >= 4 is 6.29 Å². The number of rotatable bonds is 2. The molecule has 18 heavy (non-hydrogen) atoms. The second-order valence-electron chi connectivity index (χ2n) is 3.44. The molecule has 7 heteroatoms. The summed E-state index contributed by atoms with van der Waals surface area (Å²) < 4.78 is 51.7. The van der Waals surface area contributed by atoms with Gasteiger partial charge in [0.1, 0.15) is 11.5 Å². The van der Waals surface area contributed by atoms with E-state index in [1.165, 1.54) is 18.2 Å². The predicted octanol–water partition coefficient (Wildman–Crippen LogP) is 2.84. The van der Waals surface area contributed by atoms with Gasteiger partial charge in [0.2, 0.25) is 0 Å². The van der Waals surface area contributed by atoms with Gasteiger partial charge in [0, 0.05) is 6.20 Å². The van der Waals surface area contributed by atoms with Gasteiger partial charge in [-0.05, 0) is 12.1 Å². The second-order valence-corrected chi connectivity index (χ2v) is 3.44. The molecule has 2 rings (SSSR count). The van der Waals surface area contributed by atoms with Crippen molar-refractivity contribution in [2.45, 2.75) is 6.18 Å². The van der Waals surface area contributed by atoms with Crippen LogP contribution in [0.4, 0.5) is 17.6 Å². The molecular weight excluding hydrogens is 252 g/mol. The number of carbonyl (C=O) groups excluding carboxylic acids is 1. The third kappa shape index (κ3) is 2.11. The van der Waals surface area contributed by atoms with E-state index in [1.807, 2.05) is 0 Å². The van der Waals surface area contributed by atoms with Crippen molar-refractivity contribution in [1.29, 1.82) is 0 Å². The van der Waals surface area contributed by atoms with Crippen molar-refractivity contribution in [2.24, 2.45) is 0 Å². The molecule has 0 aliphatic heterocycles. The molecule has 0 N–H and O–H groups in total. The minimum atomic E-state index is -4.76. The number of hydrogen-bond acceptors (Lipinski definition) is 2. The summed E-state index contributed by atoms with van der Waals surface area (Å²) >= 11 is 0. The lowest BCUT2D eigenvalue weighted by Crippen LogP contribution is -2.09. The smallest absolute Gasteiger partial charge is 0.298 e. The Hall–Kier alpha value is -2.18. The molecule has 0 unspecified atom stereocenters. The summed E-state index contributed by atoms with van der Waals surface area (Å²) in [6.45, 7) is 0. The Balaban J connectivity index is 2.58. The first-order valence-electron chi connectivity index (χ1n) is 4.80. The van der Waals surface area contributed by atoms with Gasteiger partial charge in [0.25, 0.3) is 0 Å². The van der Waals surface area contributed by atoms with Gasteiger partial charge in [-0.25, -0.2) is 9.07 Å². The Morgan fingerprint density at radius 3 is 2.39 bits per heavy atom. The zero-order valence-electron chi connectivity index (χ0n) is 8.78. The molecule has 2 aromatic rings. The van der Waals surface area contributed by atoms with Crippen LogP contribution in [0.25, 0.3) is 5.69 Å².